The summed E-state index contributed by atoms with van der Waals surface area (Å²) in [5.74, 6) is 0.764. The fraction of sp³-hybridized carbons (Fsp3) is 0.800. The number of nitrogens with one attached hydrogen (secondary N) is 1. The first-order chi connectivity index (χ1) is 5.83. The van der Waals surface area contributed by atoms with Crippen molar-refractivity contribution in [3.63, 3.8) is 0 Å². The fourth-order valence-electron chi connectivity index (χ4n) is 1.69. The molecule has 1 aliphatic rings. The molecule has 70 valence electrons. The monoisotopic (exact) mass is 168 g/mol. The Hall–Kier alpha value is -0.340. The van der Waals surface area contributed by atoms with Crippen molar-refractivity contribution in [1.82, 2.24) is 10.2 Å². The normalized spacial score (nSPS) is 22.1. The Morgan fingerprint density at radius 1 is 1.50 bits per heavy atom. The van der Waals surface area contributed by atoms with Gasteiger partial charge in [0.2, 0.25) is 0 Å². The van der Waals surface area contributed by atoms with Crippen LogP contribution in [-0.2, 0) is 0 Å². The van der Waals surface area contributed by atoms with Crippen LogP contribution in [0.25, 0.3) is 0 Å². The predicted molar refractivity (Wildman–Crippen MR) is 53.3 cm³/mol. The highest BCUT2D eigenvalue weighted by atomic mass is 15.2. The largest absolute Gasteiger partial charge is 0.314 e. The van der Waals surface area contributed by atoms with Gasteiger partial charge in [0.25, 0.3) is 0 Å². The Kier molecular flexibility index (Phi) is 4.33. The standard InChI is InChI=1S/C10H20N2/c1-3-4-10(2)9-12-7-5-11-6-8-12/h3,10-11H,1,4-9H2,2H3. The maximum absolute atomic E-state index is 3.76. The third-order valence-corrected chi connectivity index (χ3v) is 2.35. The van der Waals surface area contributed by atoms with Gasteiger partial charge in [-0.15, -0.1) is 6.58 Å². The van der Waals surface area contributed by atoms with Crippen LogP contribution in [0, 0.1) is 5.92 Å². The molecule has 2 heteroatoms. The van der Waals surface area contributed by atoms with E-state index in [-0.39, 0.29) is 0 Å². The molecule has 12 heavy (non-hydrogen) atoms. The molecular weight excluding hydrogens is 148 g/mol. The zero-order valence-electron chi connectivity index (χ0n) is 8.05. The number of rotatable bonds is 4. The SMILES string of the molecule is C=CCC(C)CN1CCNCC1. The van der Waals surface area contributed by atoms with Crippen LogP contribution in [0.5, 0.6) is 0 Å². The molecular formula is C10H20N2. The number of allylic oxidation sites excluding steroid dienone is 1. The average Bonchev–Trinajstić information content (AvgIpc) is 2.06. The topological polar surface area (TPSA) is 15.3 Å². The van der Waals surface area contributed by atoms with E-state index in [1.165, 1.54) is 19.6 Å². The second-order valence-electron chi connectivity index (χ2n) is 3.68. The fourth-order valence-corrected chi connectivity index (χ4v) is 1.69. The van der Waals surface area contributed by atoms with Gasteiger partial charge in [-0.2, -0.15) is 0 Å². The molecule has 0 spiro atoms. The van der Waals surface area contributed by atoms with Gasteiger partial charge in [0.15, 0.2) is 0 Å². The van der Waals surface area contributed by atoms with Crippen molar-refractivity contribution in [3.8, 4) is 0 Å². The summed E-state index contributed by atoms with van der Waals surface area (Å²) in [6.07, 6.45) is 3.16. The zero-order valence-corrected chi connectivity index (χ0v) is 8.05. The minimum atomic E-state index is 0.764. The smallest absolute Gasteiger partial charge is 0.0107 e. The summed E-state index contributed by atoms with van der Waals surface area (Å²) in [6, 6.07) is 0. The first-order valence-electron chi connectivity index (χ1n) is 4.87. The predicted octanol–water partition coefficient (Wildman–Crippen LogP) is 1.10. The lowest BCUT2D eigenvalue weighted by Crippen LogP contribution is -2.44. The van der Waals surface area contributed by atoms with Gasteiger partial charge >= 0.3 is 0 Å². The lowest BCUT2D eigenvalue weighted by atomic mass is 10.1. The summed E-state index contributed by atoms with van der Waals surface area (Å²) in [5.41, 5.74) is 0. The Balaban J connectivity index is 2.15. The number of hydrogen-bond donors (Lipinski definition) is 1. The minimum Gasteiger partial charge on any atom is -0.314 e. The molecule has 0 saturated carbocycles. The van der Waals surface area contributed by atoms with Crippen molar-refractivity contribution in [1.29, 1.82) is 0 Å². The average molecular weight is 168 g/mol. The zero-order chi connectivity index (χ0) is 8.81. The van der Waals surface area contributed by atoms with Crippen molar-refractivity contribution in [2.75, 3.05) is 32.7 Å². The highest BCUT2D eigenvalue weighted by Crippen LogP contribution is 2.05. The highest BCUT2D eigenvalue weighted by molar-refractivity contribution is 4.75. The van der Waals surface area contributed by atoms with Crippen LogP contribution >= 0.6 is 0 Å². The molecule has 0 aromatic carbocycles. The maximum atomic E-state index is 3.76. The summed E-state index contributed by atoms with van der Waals surface area (Å²) in [7, 11) is 0. The van der Waals surface area contributed by atoms with Crippen molar-refractivity contribution < 1.29 is 0 Å². The molecule has 0 radical (unpaired) electrons. The molecule has 1 rings (SSSR count). The van der Waals surface area contributed by atoms with E-state index >= 15 is 0 Å². The molecule has 1 N–H and O–H groups in total. The van der Waals surface area contributed by atoms with Crippen LogP contribution in [-0.4, -0.2) is 37.6 Å². The van der Waals surface area contributed by atoms with Gasteiger partial charge in [-0.1, -0.05) is 13.0 Å². The van der Waals surface area contributed by atoms with Crippen LogP contribution in [0.2, 0.25) is 0 Å². The first kappa shape index (κ1) is 9.75. The first-order valence-corrected chi connectivity index (χ1v) is 4.87. The Bertz CT molecular complexity index is 128. The second-order valence-corrected chi connectivity index (χ2v) is 3.68. The Labute approximate surface area is 75.6 Å². The summed E-state index contributed by atoms with van der Waals surface area (Å²) in [6.45, 7) is 12.0. The number of nitrogens with zero attached hydrogens (tertiary/aromatic N) is 1. The van der Waals surface area contributed by atoms with Gasteiger partial charge in [0.05, 0.1) is 0 Å². The second kappa shape index (κ2) is 5.33. The van der Waals surface area contributed by atoms with Gasteiger partial charge in [-0.25, -0.2) is 0 Å². The van der Waals surface area contributed by atoms with Crippen molar-refractivity contribution in [3.05, 3.63) is 12.7 Å². The van der Waals surface area contributed by atoms with E-state index in [0.29, 0.717) is 0 Å². The third kappa shape index (κ3) is 3.37. The summed E-state index contributed by atoms with van der Waals surface area (Å²) >= 11 is 0. The van der Waals surface area contributed by atoms with Gasteiger partial charge in [0, 0.05) is 32.7 Å². The molecule has 1 saturated heterocycles. The van der Waals surface area contributed by atoms with E-state index in [2.05, 4.69) is 23.7 Å². The lowest BCUT2D eigenvalue weighted by Gasteiger charge is -2.29. The summed E-state index contributed by atoms with van der Waals surface area (Å²) in [4.78, 5) is 2.53. The van der Waals surface area contributed by atoms with E-state index in [4.69, 9.17) is 0 Å². The van der Waals surface area contributed by atoms with E-state index in [1.807, 2.05) is 6.08 Å². The lowest BCUT2D eigenvalue weighted by molar-refractivity contribution is 0.212. The molecule has 1 fully saturated rings. The Morgan fingerprint density at radius 3 is 2.75 bits per heavy atom. The van der Waals surface area contributed by atoms with Gasteiger partial charge in [-0.3, -0.25) is 0 Å². The number of hydrogen-bond acceptors (Lipinski definition) is 2. The van der Waals surface area contributed by atoms with Crippen LogP contribution in [0.15, 0.2) is 12.7 Å². The molecule has 0 aromatic heterocycles. The molecule has 0 bridgehead atoms. The van der Waals surface area contributed by atoms with E-state index in [0.717, 1.165) is 25.4 Å². The quantitative estimate of drug-likeness (QED) is 0.632. The Morgan fingerprint density at radius 2 is 2.17 bits per heavy atom. The van der Waals surface area contributed by atoms with E-state index in [9.17, 15) is 0 Å². The van der Waals surface area contributed by atoms with Crippen molar-refractivity contribution in [2.24, 2.45) is 5.92 Å². The van der Waals surface area contributed by atoms with Gasteiger partial charge < -0.3 is 10.2 Å². The summed E-state index contributed by atoms with van der Waals surface area (Å²) < 4.78 is 0. The third-order valence-electron chi connectivity index (χ3n) is 2.35. The maximum Gasteiger partial charge on any atom is 0.0107 e. The molecule has 0 amide bonds. The summed E-state index contributed by atoms with van der Waals surface area (Å²) in [5, 5.41) is 3.36. The van der Waals surface area contributed by atoms with Crippen LogP contribution in [0.3, 0.4) is 0 Å². The molecule has 1 atom stereocenters. The molecule has 1 aliphatic heterocycles. The van der Waals surface area contributed by atoms with Crippen LogP contribution in [0.4, 0.5) is 0 Å². The van der Waals surface area contributed by atoms with Crippen LogP contribution < -0.4 is 5.32 Å². The van der Waals surface area contributed by atoms with E-state index in [1.54, 1.807) is 0 Å². The van der Waals surface area contributed by atoms with Gasteiger partial charge in [0.1, 0.15) is 0 Å². The van der Waals surface area contributed by atoms with Crippen molar-refractivity contribution in [2.45, 2.75) is 13.3 Å². The van der Waals surface area contributed by atoms with E-state index < -0.39 is 0 Å². The molecule has 2 nitrogen and oxygen atoms in total. The molecule has 1 unspecified atom stereocenters. The molecule has 1 heterocycles. The van der Waals surface area contributed by atoms with Gasteiger partial charge in [-0.05, 0) is 12.3 Å². The minimum absolute atomic E-state index is 0.764. The van der Waals surface area contributed by atoms with Crippen molar-refractivity contribution >= 4 is 0 Å². The molecule has 0 aromatic rings. The molecule has 0 aliphatic carbocycles. The highest BCUT2D eigenvalue weighted by Gasteiger charge is 2.11. The number of piperazine rings is 1. The van der Waals surface area contributed by atoms with Crippen LogP contribution in [0.1, 0.15) is 13.3 Å².